The topological polar surface area (TPSA) is 101 Å². The Morgan fingerprint density at radius 2 is 1.85 bits per heavy atom. The van der Waals surface area contributed by atoms with E-state index in [1.807, 2.05) is 0 Å². The molecule has 0 saturated heterocycles. The number of benzene rings is 2. The second kappa shape index (κ2) is 9.92. The number of oxime groups is 1. The van der Waals surface area contributed by atoms with Crippen molar-refractivity contribution >= 4 is 52.7 Å². The predicted octanol–water partition coefficient (Wildman–Crippen LogP) is 4.60. The SMILES string of the molecule is CON=CNC(=O)c1ccc(C2=CC(c3cc(Cl)cc(Cl)c3)(C(F)(F)F)ON2)cc1NC(C)=O. The van der Waals surface area contributed by atoms with Gasteiger partial charge in [-0.1, -0.05) is 34.4 Å². The molecule has 0 bridgehead atoms. The molecule has 34 heavy (non-hydrogen) atoms. The minimum atomic E-state index is -4.89. The molecule has 1 unspecified atom stereocenters. The van der Waals surface area contributed by atoms with Crippen LogP contribution in [-0.2, 0) is 20.1 Å². The van der Waals surface area contributed by atoms with Crippen LogP contribution in [0.3, 0.4) is 0 Å². The third-order valence-corrected chi connectivity index (χ3v) is 5.06. The van der Waals surface area contributed by atoms with Crippen molar-refractivity contribution in [3.8, 4) is 0 Å². The van der Waals surface area contributed by atoms with Crippen LogP contribution in [0.25, 0.3) is 5.70 Å². The average molecular weight is 517 g/mol. The summed E-state index contributed by atoms with van der Waals surface area (Å²) in [6.45, 7) is 1.22. The third kappa shape index (κ3) is 5.27. The Bertz CT molecular complexity index is 1170. The molecular formula is C21H17Cl2F3N4O4. The molecule has 0 saturated carbocycles. The van der Waals surface area contributed by atoms with E-state index in [0.29, 0.717) is 0 Å². The number of carbonyl (C=O) groups is 2. The molecule has 8 nitrogen and oxygen atoms in total. The first-order valence-corrected chi connectivity index (χ1v) is 10.2. The monoisotopic (exact) mass is 516 g/mol. The van der Waals surface area contributed by atoms with Crippen LogP contribution in [0.2, 0.25) is 10.0 Å². The van der Waals surface area contributed by atoms with Crippen LogP contribution in [0.5, 0.6) is 0 Å². The maximum Gasteiger partial charge on any atom is 0.428 e. The Kier molecular flexibility index (Phi) is 7.39. The highest BCUT2D eigenvalue weighted by Crippen LogP contribution is 2.48. The summed E-state index contributed by atoms with van der Waals surface area (Å²) in [6.07, 6.45) is -3.07. The number of nitrogens with one attached hydrogen (secondary N) is 3. The maximum atomic E-state index is 14.2. The lowest BCUT2D eigenvalue weighted by Gasteiger charge is -2.28. The molecule has 3 N–H and O–H groups in total. The third-order valence-electron chi connectivity index (χ3n) is 4.62. The number of hydroxylamine groups is 1. The molecule has 13 heteroatoms. The lowest BCUT2D eigenvalue weighted by Crippen LogP contribution is -2.42. The van der Waals surface area contributed by atoms with Gasteiger partial charge in [0.2, 0.25) is 11.5 Å². The lowest BCUT2D eigenvalue weighted by atomic mass is 9.91. The highest BCUT2D eigenvalue weighted by molar-refractivity contribution is 6.34. The molecule has 1 aliphatic rings. The first-order valence-electron chi connectivity index (χ1n) is 9.45. The molecule has 2 amide bonds. The molecule has 0 spiro atoms. The summed E-state index contributed by atoms with van der Waals surface area (Å²) in [7, 11) is 1.28. The smallest absolute Gasteiger partial charge is 0.398 e. The number of rotatable bonds is 6. The van der Waals surface area contributed by atoms with Gasteiger partial charge in [-0.3, -0.25) is 19.9 Å². The Morgan fingerprint density at radius 3 is 2.44 bits per heavy atom. The van der Waals surface area contributed by atoms with Crippen molar-refractivity contribution in [3.63, 3.8) is 0 Å². The van der Waals surface area contributed by atoms with E-state index in [-0.39, 0.29) is 38.1 Å². The number of hydrogen-bond acceptors (Lipinski definition) is 6. The molecule has 0 aromatic heterocycles. The summed E-state index contributed by atoms with van der Waals surface area (Å²) in [4.78, 5) is 33.6. The number of hydrogen-bond donors (Lipinski definition) is 3. The summed E-state index contributed by atoms with van der Waals surface area (Å²) in [5.41, 5.74) is -0.729. The highest BCUT2D eigenvalue weighted by Gasteiger charge is 2.59. The van der Waals surface area contributed by atoms with E-state index in [1.54, 1.807) is 0 Å². The van der Waals surface area contributed by atoms with Crippen molar-refractivity contribution in [1.29, 1.82) is 0 Å². The molecule has 0 fully saturated rings. The Morgan fingerprint density at radius 1 is 1.18 bits per heavy atom. The van der Waals surface area contributed by atoms with E-state index in [4.69, 9.17) is 28.0 Å². The molecule has 0 radical (unpaired) electrons. The van der Waals surface area contributed by atoms with Gasteiger partial charge in [0.05, 0.1) is 16.9 Å². The maximum absolute atomic E-state index is 14.2. The van der Waals surface area contributed by atoms with E-state index >= 15 is 0 Å². The minimum absolute atomic E-state index is 0.00287. The zero-order valence-corrected chi connectivity index (χ0v) is 19.1. The van der Waals surface area contributed by atoms with Gasteiger partial charge < -0.3 is 15.5 Å². The van der Waals surface area contributed by atoms with Crippen molar-refractivity contribution in [3.05, 3.63) is 69.2 Å². The quantitative estimate of drug-likeness (QED) is 0.296. The fourth-order valence-corrected chi connectivity index (χ4v) is 3.70. The van der Waals surface area contributed by atoms with Gasteiger partial charge in [0.15, 0.2) is 0 Å². The summed E-state index contributed by atoms with van der Waals surface area (Å²) in [6, 6.07) is 7.52. The van der Waals surface area contributed by atoms with E-state index in [9.17, 15) is 22.8 Å². The van der Waals surface area contributed by atoms with Crippen LogP contribution in [0.1, 0.15) is 28.4 Å². The van der Waals surface area contributed by atoms with Crippen LogP contribution in [-0.4, -0.2) is 31.4 Å². The largest absolute Gasteiger partial charge is 0.428 e. The zero-order valence-electron chi connectivity index (χ0n) is 17.6. The zero-order chi connectivity index (χ0) is 25.1. The number of nitrogens with zero attached hydrogens (tertiary/aromatic N) is 1. The molecule has 180 valence electrons. The van der Waals surface area contributed by atoms with E-state index in [2.05, 4.69) is 26.1 Å². The summed E-state index contributed by atoms with van der Waals surface area (Å²) in [5.74, 6) is -1.14. The number of carbonyl (C=O) groups excluding carboxylic acids is 2. The van der Waals surface area contributed by atoms with Crippen LogP contribution in [0.15, 0.2) is 47.6 Å². The van der Waals surface area contributed by atoms with Crippen LogP contribution < -0.4 is 16.1 Å². The summed E-state index contributed by atoms with van der Waals surface area (Å²) >= 11 is 11.8. The van der Waals surface area contributed by atoms with Crippen LogP contribution in [0, 0.1) is 0 Å². The molecule has 1 heterocycles. The van der Waals surface area contributed by atoms with E-state index in [1.165, 1.54) is 38.3 Å². The van der Waals surface area contributed by atoms with Gasteiger partial charge in [-0.15, -0.1) is 0 Å². The Labute approximate surface area is 201 Å². The highest BCUT2D eigenvalue weighted by atomic mass is 35.5. The predicted molar refractivity (Wildman–Crippen MR) is 120 cm³/mol. The van der Waals surface area contributed by atoms with Crippen LogP contribution >= 0.6 is 23.2 Å². The first-order chi connectivity index (χ1) is 16.0. The van der Waals surface area contributed by atoms with Crippen molar-refractivity contribution in [2.24, 2.45) is 5.16 Å². The van der Waals surface area contributed by atoms with E-state index < -0.39 is 23.6 Å². The Balaban J connectivity index is 2.07. The normalized spacial score (nSPS) is 17.8. The van der Waals surface area contributed by atoms with Crippen molar-refractivity contribution in [2.75, 3.05) is 12.4 Å². The van der Waals surface area contributed by atoms with Crippen molar-refractivity contribution < 1.29 is 32.4 Å². The van der Waals surface area contributed by atoms with Gasteiger partial charge in [-0.05, 0) is 36.4 Å². The fraction of sp³-hybridized carbons (Fsp3) is 0.190. The molecule has 0 aliphatic carbocycles. The van der Waals surface area contributed by atoms with Gasteiger partial charge in [0.25, 0.3) is 5.91 Å². The molecule has 2 aromatic rings. The number of alkyl halides is 3. The van der Waals surface area contributed by atoms with Gasteiger partial charge in [-0.2, -0.15) is 13.2 Å². The van der Waals surface area contributed by atoms with Crippen molar-refractivity contribution in [1.82, 2.24) is 10.8 Å². The van der Waals surface area contributed by atoms with Crippen LogP contribution in [0.4, 0.5) is 18.9 Å². The minimum Gasteiger partial charge on any atom is -0.398 e. The van der Waals surface area contributed by atoms with Gasteiger partial charge in [0.1, 0.15) is 13.4 Å². The van der Waals surface area contributed by atoms with E-state index in [0.717, 1.165) is 24.5 Å². The molecule has 3 rings (SSSR count). The summed E-state index contributed by atoms with van der Waals surface area (Å²) in [5, 5.41) is 8.19. The molecule has 1 aliphatic heterocycles. The first kappa shape index (κ1) is 25.3. The molecule has 2 aromatic carbocycles. The number of amides is 2. The second-order valence-corrected chi connectivity index (χ2v) is 7.86. The standard InChI is InChI=1S/C21H17Cl2F3N4O4/c1-11(31)29-17-5-12(3-4-16(17)19(32)27-10-28-33-2)18-9-20(34-30-18,21(24,25)26)13-6-14(22)8-15(23)7-13/h3-10,30H,1-2H3,(H,29,31)(H,27,28,32). The number of halogens is 5. The molecule has 1 atom stereocenters. The van der Waals surface area contributed by atoms with Gasteiger partial charge in [-0.25, -0.2) is 0 Å². The fourth-order valence-electron chi connectivity index (χ4n) is 3.17. The Hall–Kier alpha value is -3.28. The number of anilines is 1. The lowest BCUT2D eigenvalue weighted by molar-refractivity contribution is -0.269. The molecular weight excluding hydrogens is 500 g/mol. The summed E-state index contributed by atoms with van der Waals surface area (Å²) < 4.78 is 42.6. The van der Waals surface area contributed by atoms with Gasteiger partial charge >= 0.3 is 6.18 Å². The second-order valence-electron chi connectivity index (χ2n) is 6.99. The van der Waals surface area contributed by atoms with Gasteiger partial charge in [0, 0.05) is 28.1 Å². The average Bonchev–Trinajstić information content (AvgIpc) is 3.20. The van der Waals surface area contributed by atoms with Crippen molar-refractivity contribution in [2.45, 2.75) is 18.7 Å².